The number of halogens is 5. The molecule has 0 spiro atoms. The monoisotopic (exact) mass is 371 g/mol. The van der Waals surface area contributed by atoms with Gasteiger partial charge in [0, 0.05) is 0 Å². The fourth-order valence-electron chi connectivity index (χ4n) is 1.30. The Hall–Kier alpha value is -1.58. The van der Waals surface area contributed by atoms with Gasteiger partial charge in [-0.25, -0.2) is 0 Å². The van der Waals surface area contributed by atoms with Crippen molar-refractivity contribution in [2.45, 2.75) is 19.0 Å². The fraction of sp³-hybridized carbons (Fsp3) is 0.308. The van der Waals surface area contributed by atoms with E-state index in [1.165, 1.54) is 13.0 Å². The zero-order chi connectivity index (χ0) is 16.1. The van der Waals surface area contributed by atoms with Gasteiger partial charge in [0.05, 0.1) is 0 Å². The van der Waals surface area contributed by atoms with E-state index in [1.54, 1.807) is 30.3 Å². The summed E-state index contributed by atoms with van der Waals surface area (Å²) in [7, 11) is 0. The van der Waals surface area contributed by atoms with E-state index in [1.807, 2.05) is 0 Å². The fourth-order valence-corrected chi connectivity index (χ4v) is 3.09. The molecule has 0 saturated heterocycles. The van der Waals surface area contributed by atoms with Gasteiger partial charge in [0.25, 0.3) is 0 Å². The average molecular weight is 370 g/mol. The van der Waals surface area contributed by atoms with Crippen LogP contribution < -0.4 is 4.46 Å². The molecule has 0 radical (unpaired) electrons. The number of nitriles is 1. The zero-order valence-corrected chi connectivity index (χ0v) is 12.5. The summed E-state index contributed by atoms with van der Waals surface area (Å²) in [5, 5.41) is 8.94. The molecule has 0 aliphatic heterocycles. The molecule has 21 heavy (non-hydrogen) atoms. The van der Waals surface area contributed by atoms with Crippen LogP contribution in [0, 0.1) is 11.3 Å². The first-order chi connectivity index (χ1) is 9.74. The van der Waals surface area contributed by atoms with Gasteiger partial charge in [0.1, 0.15) is 0 Å². The van der Waals surface area contributed by atoms with E-state index in [4.69, 9.17) is 5.26 Å². The van der Waals surface area contributed by atoms with Gasteiger partial charge in [0.2, 0.25) is 0 Å². The van der Waals surface area contributed by atoms with Gasteiger partial charge in [-0.3, -0.25) is 0 Å². The molecular formula is C13H10F5NOSe. The van der Waals surface area contributed by atoms with Crippen molar-refractivity contribution in [2.24, 2.45) is 0 Å². The predicted molar refractivity (Wildman–Crippen MR) is 67.1 cm³/mol. The Balaban J connectivity index is 3.29. The third kappa shape index (κ3) is 4.19. The van der Waals surface area contributed by atoms with Crippen molar-refractivity contribution in [3.05, 3.63) is 40.6 Å². The van der Waals surface area contributed by atoms with Gasteiger partial charge in [0.15, 0.2) is 0 Å². The standard InChI is InChI=1S/C13H10F5NOSe/c1-2-20-11(12(14,15)13(16,17)18)10(8-19)21-9-6-4-3-5-7-9/h3-7H,2H2,1H3/b11-10+. The Morgan fingerprint density at radius 1 is 1.19 bits per heavy atom. The molecule has 0 heterocycles. The maximum atomic E-state index is 13.5. The van der Waals surface area contributed by atoms with Gasteiger partial charge < -0.3 is 0 Å². The van der Waals surface area contributed by atoms with Crippen molar-refractivity contribution in [1.82, 2.24) is 0 Å². The Morgan fingerprint density at radius 2 is 1.76 bits per heavy atom. The summed E-state index contributed by atoms with van der Waals surface area (Å²) < 4.78 is 68.6. The van der Waals surface area contributed by atoms with Gasteiger partial charge in [-0.2, -0.15) is 0 Å². The third-order valence-corrected chi connectivity index (χ3v) is 4.28. The number of nitrogens with zero attached hydrogens (tertiary/aromatic N) is 1. The number of benzene rings is 1. The van der Waals surface area contributed by atoms with Crippen LogP contribution in [0.25, 0.3) is 0 Å². The van der Waals surface area contributed by atoms with Crippen molar-refractivity contribution < 1.29 is 26.7 Å². The van der Waals surface area contributed by atoms with Gasteiger partial charge >= 0.3 is 124 Å². The van der Waals surface area contributed by atoms with Crippen LogP contribution >= 0.6 is 0 Å². The molecule has 114 valence electrons. The number of ether oxygens (including phenoxy) is 1. The summed E-state index contributed by atoms with van der Waals surface area (Å²) in [5.74, 6) is -6.80. The Bertz CT molecular complexity index is 548. The molecule has 0 aromatic heterocycles. The second-order valence-electron chi connectivity index (χ2n) is 3.69. The number of rotatable bonds is 5. The Kier molecular flexibility index (Phi) is 5.76. The van der Waals surface area contributed by atoms with Crippen LogP contribution in [0.4, 0.5) is 22.0 Å². The van der Waals surface area contributed by atoms with E-state index in [2.05, 4.69) is 4.74 Å². The topological polar surface area (TPSA) is 33.0 Å². The van der Waals surface area contributed by atoms with E-state index < -0.39 is 43.9 Å². The molecule has 0 fully saturated rings. The van der Waals surface area contributed by atoms with Crippen LogP contribution in [-0.2, 0) is 4.74 Å². The summed E-state index contributed by atoms with van der Waals surface area (Å²) in [4.78, 5) is 0. The molecule has 2 nitrogen and oxygen atoms in total. The number of alkyl halides is 5. The quantitative estimate of drug-likeness (QED) is 0.346. The molecule has 0 amide bonds. The van der Waals surface area contributed by atoms with Crippen LogP contribution in [0.5, 0.6) is 0 Å². The Morgan fingerprint density at radius 3 is 2.19 bits per heavy atom. The number of hydrogen-bond acceptors (Lipinski definition) is 2. The summed E-state index contributed by atoms with van der Waals surface area (Å²) in [6, 6.07) is 9.39. The van der Waals surface area contributed by atoms with Crippen molar-refractivity contribution in [2.75, 3.05) is 6.61 Å². The summed E-state index contributed by atoms with van der Waals surface area (Å²) >= 11 is -1.00. The molecule has 1 aromatic carbocycles. The van der Waals surface area contributed by atoms with Crippen LogP contribution in [0.1, 0.15) is 6.92 Å². The van der Waals surface area contributed by atoms with Gasteiger partial charge in [-0.15, -0.1) is 0 Å². The van der Waals surface area contributed by atoms with Crippen molar-refractivity contribution in [3.8, 4) is 6.07 Å². The molecule has 0 aliphatic carbocycles. The first kappa shape index (κ1) is 17.5. The first-order valence-corrected chi connectivity index (χ1v) is 7.40. The average Bonchev–Trinajstić information content (AvgIpc) is 2.42. The van der Waals surface area contributed by atoms with E-state index >= 15 is 0 Å². The summed E-state index contributed by atoms with van der Waals surface area (Å²) in [5.41, 5.74) is 0. The molecule has 0 bridgehead atoms. The summed E-state index contributed by atoms with van der Waals surface area (Å²) in [6.07, 6.45) is -5.81. The molecule has 8 heteroatoms. The van der Waals surface area contributed by atoms with E-state index in [0.29, 0.717) is 4.46 Å². The second-order valence-corrected chi connectivity index (χ2v) is 5.96. The minimum absolute atomic E-state index is 0.392. The maximum absolute atomic E-state index is 13.5. The summed E-state index contributed by atoms with van der Waals surface area (Å²) in [6.45, 7) is 0.883. The number of hydrogen-bond donors (Lipinski definition) is 0. The Labute approximate surface area is 124 Å². The van der Waals surface area contributed by atoms with Crippen LogP contribution in [0.15, 0.2) is 40.6 Å². The van der Waals surface area contributed by atoms with Crippen LogP contribution in [-0.4, -0.2) is 33.7 Å². The molecule has 0 saturated carbocycles. The van der Waals surface area contributed by atoms with Crippen LogP contribution in [0.2, 0.25) is 0 Å². The zero-order valence-electron chi connectivity index (χ0n) is 10.7. The van der Waals surface area contributed by atoms with Gasteiger partial charge in [-0.1, -0.05) is 0 Å². The number of allylic oxidation sites excluding steroid dienone is 2. The molecule has 1 rings (SSSR count). The van der Waals surface area contributed by atoms with Crippen molar-refractivity contribution in [1.29, 1.82) is 5.26 Å². The van der Waals surface area contributed by atoms with E-state index in [-0.39, 0.29) is 0 Å². The second kappa shape index (κ2) is 6.92. The molecule has 0 unspecified atom stereocenters. The van der Waals surface area contributed by atoms with Gasteiger partial charge in [-0.05, 0) is 0 Å². The third-order valence-electron chi connectivity index (χ3n) is 2.20. The predicted octanol–water partition coefficient (Wildman–Crippen LogP) is 2.99. The molecule has 0 aliphatic rings. The molecule has 0 atom stereocenters. The normalized spacial score (nSPS) is 13.4. The van der Waals surface area contributed by atoms with E-state index in [9.17, 15) is 22.0 Å². The van der Waals surface area contributed by atoms with E-state index in [0.717, 1.165) is 0 Å². The van der Waals surface area contributed by atoms with Crippen LogP contribution in [0.3, 0.4) is 0 Å². The SMILES string of the molecule is CCO/C(=C(\C#N)[Se]c1ccccc1)C(F)(F)C(F)(F)F. The minimum atomic E-state index is -5.81. The molecular weight excluding hydrogens is 360 g/mol. The molecule has 0 N–H and O–H groups in total. The van der Waals surface area contributed by atoms with Crippen molar-refractivity contribution in [3.63, 3.8) is 0 Å². The van der Waals surface area contributed by atoms with Crippen molar-refractivity contribution >= 4 is 19.4 Å². The first-order valence-electron chi connectivity index (χ1n) is 5.69. The molecule has 1 aromatic rings.